The zero-order valence-electron chi connectivity index (χ0n) is 8.19. The largest absolute Gasteiger partial charge is 0.433 e. The average Bonchev–Trinajstić information content (AvgIpc) is 2.68. The van der Waals surface area contributed by atoms with Gasteiger partial charge in [0.2, 0.25) is 0 Å². The smallest absolute Gasteiger partial charge is 0.429 e. The predicted molar refractivity (Wildman–Crippen MR) is 48.0 cm³/mol. The van der Waals surface area contributed by atoms with Crippen LogP contribution >= 0.6 is 11.6 Å². The van der Waals surface area contributed by atoms with Gasteiger partial charge in [0.05, 0.1) is 5.92 Å². The quantitative estimate of drug-likeness (QED) is 0.549. The number of alkyl halides is 3. The molecule has 6 heteroatoms. The Kier molecular flexibility index (Phi) is 3.05. The summed E-state index contributed by atoms with van der Waals surface area (Å²) in [5.41, 5.74) is -0.171. The van der Waals surface area contributed by atoms with Gasteiger partial charge in [-0.05, 0) is 11.8 Å². The minimum absolute atomic E-state index is 0.171. The molecule has 15 heavy (non-hydrogen) atoms. The molecule has 0 aliphatic heterocycles. The maximum atomic E-state index is 11.9. The molecule has 0 spiro atoms. The average molecular weight is 243 g/mol. The Morgan fingerprint density at radius 3 is 2.33 bits per heavy atom. The maximum Gasteiger partial charge on any atom is 0.429 e. The van der Waals surface area contributed by atoms with Crippen LogP contribution in [0.5, 0.6) is 0 Å². The fraction of sp³-hybridized carbons (Fsp3) is 0.667. The summed E-state index contributed by atoms with van der Waals surface area (Å²) in [6, 6.07) is 0. The summed E-state index contributed by atoms with van der Waals surface area (Å²) in [6.45, 7) is 3.68. The Hall–Kier alpha value is -0.710. The van der Waals surface area contributed by atoms with Gasteiger partial charge in [-0.15, -0.1) is 0 Å². The predicted octanol–water partition coefficient (Wildman–Crippen LogP) is 3.22. The molecule has 0 saturated heterocycles. The highest BCUT2D eigenvalue weighted by atomic mass is 35.5. The normalized spacial score (nSPS) is 24.9. The summed E-state index contributed by atoms with van der Waals surface area (Å²) < 4.78 is 40.0. The van der Waals surface area contributed by atoms with Gasteiger partial charge < -0.3 is 4.74 Å². The number of hydrogen-bond acceptors (Lipinski definition) is 2. The van der Waals surface area contributed by atoms with Crippen LogP contribution in [0, 0.1) is 11.3 Å². The summed E-state index contributed by atoms with van der Waals surface area (Å²) in [7, 11) is 0. The first-order valence-corrected chi connectivity index (χ1v) is 4.66. The van der Waals surface area contributed by atoms with E-state index < -0.39 is 17.2 Å². The van der Waals surface area contributed by atoms with E-state index in [9.17, 15) is 18.0 Å². The third-order valence-corrected chi connectivity index (χ3v) is 2.65. The van der Waals surface area contributed by atoms with E-state index in [0.717, 1.165) is 0 Å². The van der Waals surface area contributed by atoms with Gasteiger partial charge >= 0.3 is 12.1 Å². The number of carbonyl (C=O) groups is 1. The first-order chi connectivity index (χ1) is 6.64. The number of carbonyl (C=O) groups excluding carboxylic acids is 1. The number of halogens is 4. The van der Waals surface area contributed by atoms with Gasteiger partial charge in [0.1, 0.15) is 6.26 Å². The molecule has 1 aliphatic carbocycles. The molecule has 0 bridgehead atoms. The van der Waals surface area contributed by atoms with E-state index in [1.807, 2.05) is 13.8 Å². The molecule has 0 amide bonds. The van der Waals surface area contributed by atoms with E-state index >= 15 is 0 Å². The summed E-state index contributed by atoms with van der Waals surface area (Å²) in [5, 5.41) is -1.44. The molecule has 1 aliphatic rings. The molecule has 0 N–H and O–H groups in total. The molecule has 0 aromatic rings. The molecular formula is C9H10ClF3O2. The zero-order chi connectivity index (χ0) is 11.9. The second-order valence-corrected chi connectivity index (χ2v) is 4.55. The Labute approximate surface area is 90.0 Å². The molecule has 1 unspecified atom stereocenters. The molecule has 1 rings (SSSR count). The van der Waals surface area contributed by atoms with E-state index in [0.29, 0.717) is 6.42 Å². The minimum Gasteiger partial charge on any atom is -0.433 e. The highest BCUT2D eigenvalue weighted by Gasteiger charge is 2.51. The Balaban J connectivity index is 2.48. The highest BCUT2D eigenvalue weighted by Crippen LogP contribution is 2.52. The fourth-order valence-corrected chi connectivity index (χ4v) is 1.17. The van der Waals surface area contributed by atoms with E-state index in [-0.39, 0.29) is 17.6 Å². The maximum absolute atomic E-state index is 11.9. The van der Waals surface area contributed by atoms with Crippen LogP contribution in [0.1, 0.15) is 20.3 Å². The van der Waals surface area contributed by atoms with Gasteiger partial charge in [-0.2, -0.15) is 13.2 Å². The van der Waals surface area contributed by atoms with Crippen molar-refractivity contribution in [2.75, 3.05) is 0 Å². The number of hydrogen-bond donors (Lipinski definition) is 0. The van der Waals surface area contributed by atoms with Gasteiger partial charge in [0.25, 0.3) is 0 Å². The molecule has 0 heterocycles. The van der Waals surface area contributed by atoms with Crippen LogP contribution in [0.2, 0.25) is 0 Å². The second kappa shape index (κ2) is 3.70. The molecule has 0 aromatic carbocycles. The zero-order valence-corrected chi connectivity index (χ0v) is 8.95. The van der Waals surface area contributed by atoms with Crippen molar-refractivity contribution in [1.29, 1.82) is 0 Å². The molecule has 86 valence electrons. The lowest BCUT2D eigenvalue weighted by Gasteiger charge is -2.05. The molecular weight excluding hydrogens is 233 g/mol. The van der Waals surface area contributed by atoms with Gasteiger partial charge in [0, 0.05) is 0 Å². The standard InChI is InChI=1S/C9H10ClF3O2/c1-8(2)3-5(8)7(14)15-4-6(10)9(11,12)13/h4-5H,3H2,1-2H3/b6-4-. The van der Waals surface area contributed by atoms with Crippen molar-refractivity contribution in [1.82, 2.24) is 0 Å². The lowest BCUT2D eigenvalue weighted by atomic mass is 10.1. The molecule has 0 aromatic heterocycles. The van der Waals surface area contributed by atoms with Crippen molar-refractivity contribution >= 4 is 17.6 Å². The third-order valence-electron chi connectivity index (χ3n) is 2.35. The molecule has 2 nitrogen and oxygen atoms in total. The summed E-state index contributed by atoms with van der Waals surface area (Å²) in [4.78, 5) is 11.2. The Morgan fingerprint density at radius 1 is 1.53 bits per heavy atom. The molecule has 1 atom stereocenters. The number of rotatable bonds is 2. The Bertz CT molecular complexity index is 307. The Morgan fingerprint density at radius 2 is 2.00 bits per heavy atom. The minimum atomic E-state index is -4.67. The van der Waals surface area contributed by atoms with Crippen LogP contribution in [0.3, 0.4) is 0 Å². The lowest BCUT2D eigenvalue weighted by molar-refractivity contribution is -0.140. The van der Waals surface area contributed by atoms with Crippen LogP contribution in [0.25, 0.3) is 0 Å². The van der Waals surface area contributed by atoms with E-state index in [2.05, 4.69) is 4.74 Å². The van der Waals surface area contributed by atoms with Gasteiger partial charge in [0.15, 0.2) is 5.03 Å². The van der Waals surface area contributed by atoms with Crippen molar-refractivity contribution in [3.63, 3.8) is 0 Å². The van der Waals surface area contributed by atoms with Gasteiger partial charge in [-0.1, -0.05) is 25.4 Å². The third kappa shape index (κ3) is 3.12. The van der Waals surface area contributed by atoms with Gasteiger partial charge in [-0.25, -0.2) is 0 Å². The SMILES string of the molecule is CC1(C)CC1C(=O)O/C=C(\Cl)C(F)(F)F. The molecule has 1 fully saturated rings. The van der Waals surface area contributed by atoms with Crippen molar-refractivity contribution in [2.24, 2.45) is 11.3 Å². The van der Waals surface area contributed by atoms with Crippen LogP contribution in [-0.2, 0) is 9.53 Å². The number of allylic oxidation sites excluding steroid dienone is 1. The van der Waals surface area contributed by atoms with Crippen LogP contribution in [0.4, 0.5) is 13.2 Å². The van der Waals surface area contributed by atoms with E-state index in [1.54, 1.807) is 0 Å². The van der Waals surface area contributed by atoms with Crippen molar-refractivity contribution in [2.45, 2.75) is 26.4 Å². The van der Waals surface area contributed by atoms with Crippen molar-refractivity contribution in [3.8, 4) is 0 Å². The second-order valence-electron chi connectivity index (χ2n) is 4.15. The summed E-state index contributed by atoms with van der Waals surface area (Å²) in [6.07, 6.45) is -3.79. The first-order valence-electron chi connectivity index (χ1n) is 4.28. The van der Waals surface area contributed by atoms with E-state index in [1.165, 1.54) is 0 Å². The highest BCUT2D eigenvalue weighted by molar-refractivity contribution is 6.30. The van der Waals surface area contributed by atoms with Crippen molar-refractivity contribution < 1.29 is 22.7 Å². The van der Waals surface area contributed by atoms with Gasteiger partial charge in [-0.3, -0.25) is 4.79 Å². The monoisotopic (exact) mass is 242 g/mol. The van der Waals surface area contributed by atoms with Crippen molar-refractivity contribution in [3.05, 3.63) is 11.3 Å². The number of ether oxygens (including phenoxy) is 1. The molecule has 0 radical (unpaired) electrons. The van der Waals surface area contributed by atoms with E-state index in [4.69, 9.17) is 11.6 Å². The van der Waals surface area contributed by atoms with Crippen LogP contribution < -0.4 is 0 Å². The fourth-order valence-electron chi connectivity index (χ4n) is 1.13. The topological polar surface area (TPSA) is 26.3 Å². The first kappa shape index (κ1) is 12.4. The summed E-state index contributed by atoms with van der Waals surface area (Å²) in [5.74, 6) is -0.992. The lowest BCUT2D eigenvalue weighted by Crippen LogP contribution is -2.11. The molecule has 1 saturated carbocycles. The summed E-state index contributed by atoms with van der Waals surface area (Å²) >= 11 is 4.86. The van der Waals surface area contributed by atoms with Crippen LogP contribution in [0.15, 0.2) is 11.3 Å². The van der Waals surface area contributed by atoms with Crippen LogP contribution in [-0.4, -0.2) is 12.1 Å². The number of esters is 1.